The normalized spacial score (nSPS) is 17.1. The molecule has 0 saturated carbocycles. The monoisotopic (exact) mass is 210 g/mol. The van der Waals surface area contributed by atoms with Crippen LogP contribution in [0.2, 0.25) is 0 Å². The van der Waals surface area contributed by atoms with E-state index < -0.39 is 5.97 Å². The molecule has 1 aliphatic rings. The summed E-state index contributed by atoms with van der Waals surface area (Å²) in [6, 6.07) is 0. The second-order valence-corrected chi connectivity index (χ2v) is 3.87. The lowest BCUT2D eigenvalue weighted by Crippen LogP contribution is -2.11. The number of nitrogens with one attached hydrogen (secondary N) is 1. The average Bonchev–Trinajstić information content (AvgIpc) is 2.59. The van der Waals surface area contributed by atoms with Crippen molar-refractivity contribution in [3.05, 3.63) is 17.0 Å². The topological polar surface area (TPSA) is 75.2 Å². The van der Waals surface area contributed by atoms with Gasteiger partial charge in [0.15, 0.2) is 0 Å². The van der Waals surface area contributed by atoms with Crippen LogP contribution >= 0.6 is 0 Å². The van der Waals surface area contributed by atoms with Gasteiger partial charge in [0.05, 0.1) is 25.3 Å². The van der Waals surface area contributed by atoms with Gasteiger partial charge in [0.25, 0.3) is 0 Å². The van der Waals surface area contributed by atoms with Crippen molar-refractivity contribution in [3.8, 4) is 0 Å². The fourth-order valence-corrected chi connectivity index (χ4v) is 1.90. The Morgan fingerprint density at radius 2 is 2.53 bits per heavy atom. The van der Waals surface area contributed by atoms with E-state index in [9.17, 15) is 4.79 Å². The van der Waals surface area contributed by atoms with E-state index in [0.29, 0.717) is 13.2 Å². The smallest absolute Gasteiger partial charge is 0.304 e. The van der Waals surface area contributed by atoms with E-state index in [-0.39, 0.29) is 12.3 Å². The Morgan fingerprint density at radius 3 is 3.27 bits per heavy atom. The molecule has 1 atom stereocenters. The van der Waals surface area contributed by atoms with Gasteiger partial charge in [-0.25, -0.2) is 0 Å². The number of H-pyrrole nitrogens is 1. The lowest BCUT2D eigenvalue weighted by Gasteiger charge is -2.14. The van der Waals surface area contributed by atoms with Crippen molar-refractivity contribution in [1.82, 2.24) is 10.2 Å². The Labute approximate surface area is 87.4 Å². The average molecular weight is 210 g/mol. The van der Waals surface area contributed by atoms with Gasteiger partial charge in [-0.2, -0.15) is 5.10 Å². The third-order valence-corrected chi connectivity index (χ3v) is 2.68. The minimum Gasteiger partial charge on any atom is -0.481 e. The zero-order valence-electron chi connectivity index (χ0n) is 8.62. The highest BCUT2D eigenvalue weighted by Gasteiger charge is 2.22. The highest BCUT2D eigenvalue weighted by Crippen LogP contribution is 2.26. The van der Waals surface area contributed by atoms with E-state index in [1.165, 1.54) is 0 Å². The molecule has 1 aromatic heterocycles. The quantitative estimate of drug-likeness (QED) is 0.782. The molecule has 0 aromatic carbocycles. The van der Waals surface area contributed by atoms with Crippen LogP contribution in [-0.4, -0.2) is 27.9 Å². The first-order valence-corrected chi connectivity index (χ1v) is 5.04. The molecule has 15 heavy (non-hydrogen) atoms. The number of rotatable bonds is 3. The number of aromatic nitrogens is 2. The maximum atomic E-state index is 10.6. The largest absolute Gasteiger partial charge is 0.481 e. The summed E-state index contributed by atoms with van der Waals surface area (Å²) in [5.74, 6) is -0.861. The van der Waals surface area contributed by atoms with Gasteiger partial charge in [0.2, 0.25) is 0 Å². The van der Waals surface area contributed by atoms with Crippen LogP contribution in [0.15, 0.2) is 0 Å². The van der Waals surface area contributed by atoms with Crippen LogP contribution in [0, 0.1) is 0 Å². The molecule has 0 spiro atoms. The first kappa shape index (κ1) is 10.2. The van der Waals surface area contributed by atoms with Gasteiger partial charge < -0.3 is 9.84 Å². The number of hydrogen-bond acceptors (Lipinski definition) is 3. The number of aliphatic carboxylic acids is 1. The Bertz CT molecular complexity index is 373. The van der Waals surface area contributed by atoms with Crippen LogP contribution < -0.4 is 0 Å². The number of fused-ring (bicyclic) bond motifs is 1. The molecule has 1 unspecified atom stereocenters. The van der Waals surface area contributed by atoms with Gasteiger partial charge in [-0.1, -0.05) is 6.92 Å². The number of nitrogens with zero attached hydrogens (tertiary/aromatic N) is 1. The van der Waals surface area contributed by atoms with Crippen molar-refractivity contribution in [2.75, 3.05) is 6.61 Å². The predicted molar refractivity (Wildman–Crippen MR) is 52.6 cm³/mol. The van der Waals surface area contributed by atoms with Gasteiger partial charge >= 0.3 is 5.97 Å². The van der Waals surface area contributed by atoms with E-state index in [4.69, 9.17) is 9.84 Å². The Morgan fingerprint density at radius 1 is 1.73 bits per heavy atom. The van der Waals surface area contributed by atoms with E-state index in [2.05, 4.69) is 10.2 Å². The Balaban J connectivity index is 2.20. The summed E-state index contributed by atoms with van der Waals surface area (Å²) in [4.78, 5) is 10.6. The second-order valence-electron chi connectivity index (χ2n) is 3.87. The zero-order chi connectivity index (χ0) is 10.8. The fourth-order valence-electron chi connectivity index (χ4n) is 1.90. The van der Waals surface area contributed by atoms with Crippen LogP contribution in [0.4, 0.5) is 0 Å². The highest BCUT2D eigenvalue weighted by molar-refractivity contribution is 5.67. The maximum Gasteiger partial charge on any atom is 0.304 e. The SMILES string of the molecule is CC(CC(=O)O)c1n[nH]c2c1COCC2. The lowest BCUT2D eigenvalue weighted by atomic mass is 9.98. The molecule has 0 fully saturated rings. The molecular formula is C10H14N2O3. The van der Waals surface area contributed by atoms with Crippen molar-refractivity contribution >= 4 is 5.97 Å². The Hall–Kier alpha value is -1.36. The third kappa shape index (κ3) is 2.02. The molecule has 0 amide bonds. The third-order valence-electron chi connectivity index (χ3n) is 2.68. The molecule has 2 N–H and O–H groups in total. The molecule has 2 heterocycles. The first-order chi connectivity index (χ1) is 7.18. The molecule has 1 aliphatic heterocycles. The van der Waals surface area contributed by atoms with Crippen LogP contribution in [-0.2, 0) is 22.6 Å². The minimum absolute atomic E-state index is 0.0656. The van der Waals surface area contributed by atoms with Gasteiger partial charge in [0.1, 0.15) is 0 Å². The molecule has 82 valence electrons. The molecule has 0 saturated heterocycles. The molecule has 5 heteroatoms. The molecule has 5 nitrogen and oxygen atoms in total. The summed E-state index contributed by atoms with van der Waals surface area (Å²) in [6.07, 6.45) is 0.944. The van der Waals surface area contributed by atoms with Gasteiger partial charge in [-0.05, 0) is 0 Å². The number of aromatic amines is 1. The minimum atomic E-state index is -0.795. The number of carbonyl (C=O) groups is 1. The number of hydrogen-bond donors (Lipinski definition) is 2. The summed E-state index contributed by atoms with van der Waals surface area (Å²) >= 11 is 0. The summed E-state index contributed by atoms with van der Waals surface area (Å²) in [5.41, 5.74) is 2.98. The van der Waals surface area contributed by atoms with E-state index in [1.54, 1.807) is 0 Å². The lowest BCUT2D eigenvalue weighted by molar-refractivity contribution is -0.137. The van der Waals surface area contributed by atoms with Crippen molar-refractivity contribution in [3.63, 3.8) is 0 Å². The first-order valence-electron chi connectivity index (χ1n) is 5.04. The summed E-state index contributed by atoms with van der Waals surface area (Å²) < 4.78 is 5.34. The van der Waals surface area contributed by atoms with Crippen molar-refractivity contribution < 1.29 is 14.6 Å². The molecule has 1 aromatic rings. The van der Waals surface area contributed by atoms with Gasteiger partial charge in [-0.15, -0.1) is 0 Å². The molecular weight excluding hydrogens is 196 g/mol. The van der Waals surface area contributed by atoms with Crippen molar-refractivity contribution in [1.29, 1.82) is 0 Å². The number of carboxylic acids is 1. The molecule has 2 rings (SSSR count). The van der Waals surface area contributed by atoms with E-state index in [1.807, 2.05) is 6.92 Å². The van der Waals surface area contributed by atoms with Crippen molar-refractivity contribution in [2.24, 2.45) is 0 Å². The summed E-state index contributed by atoms with van der Waals surface area (Å²) in [6.45, 7) is 3.13. The molecule has 0 radical (unpaired) electrons. The molecule has 0 bridgehead atoms. The van der Waals surface area contributed by atoms with Crippen LogP contribution in [0.3, 0.4) is 0 Å². The van der Waals surface area contributed by atoms with Gasteiger partial charge in [-0.3, -0.25) is 9.89 Å². The highest BCUT2D eigenvalue weighted by atomic mass is 16.5. The van der Waals surface area contributed by atoms with E-state index in [0.717, 1.165) is 23.4 Å². The summed E-state index contributed by atoms with van der Waals surface area (Å²) in [7, 11) is 0. The Kier molecular flexibility index (Phi) is 2.73. The van der Waals surface area contributed by atoms with E-state index >= 15 is 0 Å². The van der Waals surface area contributed by atoms with Crippen LogP contribution in [0.1, 0.15) is 36.2 Å². The fraction of sp³-hybridized carbons (Fsp3) is 0.600. The maximum absolute atomic E-state index is 10.6. The predicted octanol–water partition coefficient (Wildman–Crippen LogP) is 1.06. The summed E-state index contributed by atoms with van der Waals surface area (Å²) in [5, 5.41) is 15.9. The van der Waals surface area contributed by atoms with Crippen molar-refractivity contribution in [2.45, 2.75) is 32.3 Å². The van der Waals surface area contributed by atoms with Crippen LogP contribution in [0.5, 0.6) is 0 Å². The van der Waals surface area contributed by atoms with Gasteiger partial charge in [0, 0.05) is 23.6 Å². The van der Waals surface area contributed by atoms with Crippen LogP contribution in [0.25, 0.3) is 0 Å². The second kappa shape index (κ2) is 4.02. The number of carboxylic acid groups (broad SMARTS) is 1. The number of ether oxygens (including phenoxy) is 1. The zero-order valence-corrected chi connectivity index (χ0v) is 8.62. The molecule has 0 aliphatic carbocycles. The standard InChI is InChI=1S/C10H14N2O3/c1-6(4-9(13)14)10-7-5-15-3-2-8(7)11-12-10/h6H,2-5H2,1H3,(H,11,12)(H,13,14).